The Morgan fingerprint density at radius 2 is 1.82 bits per heavy atom. The number of sulfone groups is 1. The van der Waals surface area contributed by atoms with E-state index in [2.05, 4.69) is 21.7 Å². The molecule has 0 amide bonds. The molecule has 2 aliphatic rings. The summed E-state index contributed by atoms with van der Waals surface area (Å²) in [6, 6.07) is -0.146. The molecule has 0 spiro atoms. The lowest BCUT2D eigenvalue weighted by atomic mass is 10.1. The van der Waals surface area contributed by atoms with Crippen molar-refractivity contribution in [3.63, 3.8) is 0 Å². The lowest BCUT2D eigenvalue weighted by molar-refractivity contribution is 0.216. The standard InChI is InChI=1S/C20H30N4O3S/c1-4-8-16-15(5-2)19(25)22-20(21-16)24-13-11-23(12-14-24)17-9-6-7-10-18(17)28(3,26)27/h6-7,9-10,17-18H,4-5,8,11-14H2,1-3H3,(H,21,22,25). The van der Waals surface area contributed by atoms with Crippen molar-refractivity contribution in [2.75, 3.05) is 37.3 Å². The summed E-state index contributed by atoms with van der Waals surface area (Å²) < 4.78 is 24.3. The normalized spacial score (nSPS) is 23.3. The monoisotopic (exact) mass is 406 g/mol. The summed E-state index contributed by atoms with van der Waals surface area (Å²) in [7, 11) is -3.17. The summed E-state index contributed by atoms with van der Waals surface area (Å²) in [5.41, 5.74) is 1.62. The number of aryl methyl sites for hydroxylation is 1. The Morgan fingerprint density at radius 1 is 1.14 bits per heavy atom. The maximum Gasteiger partial charge on any atom is 0.255 e. The Hall–Kier alpha value is -1.93. The number of rotatable bonds is 6. The number of piperazine rings is 1. The average molecular weight is 407 g/mol. The third kappa shape index (κ3) is 4.38. The van der Waals surface area contributed by atoms with Crippen LogP contribution in [-0.2, 0) is 22.7 Å². The second kappa shape index (κ2) is 8.61. The fraction of sp³-hybridized carbons (Fsp3) is 0.600. The Labute approximate surface area is 167 Å². The number of H-pyrrole nitrogens is 1. The van der Waals surface area contributed by atoms with Crippen LogP contribution in [0.5, 0.6) is 0 Å². The predicted octanol–water partition coefficient (Wildman–Crippen LogP) is 1.31. The van der Waals surface area contributed by atoms with E-state index in [4.69, 9.17) is 4.98 Å². The van der Waals surface area contributed by atoms with Gasteiger partial charge in [0, 0.05) is 44.0 Å². The van der Waals surface area contributed by atoms with Crippen LogP contribution in [0.2, 0.25) is 0 Å². The molecule has 0 bridgehead atoms. The lowest BCUT2D eigenvalue weighted by Gasteiger charge is -2.40. The molecular weight excluding hydrogens is 376 g/mol. The minimum atomic E-state index is -3.17. The van der Waals surface area contributed by atoms with Crippen molar-refractivity contribution >= 4 is 15.8 Å². The van der Waals surface area contributed by atoms with Crippen LogP contribution in [0, 0.1) is 0 Å². The van der Waals surface area contributed by atoms with E-state index in [-0.39, 0.29) is 11.6 Å². The van der Waals surface area contributed by atoms with Gasteiger partial charge in [0.15, 0.2) is 9.84 Å². The van der Waals surface area contributed by atoms with Crippen LogP contribution in [-0.4, -0.2) is 67.0 Å². The first-order valence-corrected chi connectivity index (χ1v) is 12.0. The smallest absolute Gasteiger partial charge is 0.255 e. The Kier molecular flexibility index (Phi) is 6.40. The maximum atomic E-state index is 12.5. The molecular formula is C20H30N4O3S. The fourth-order valence-electron chi connectivity index (χ4n) is 4.02. The van der Waals surface area contributed by atoms with E-state index in [0.29, 0.717) is 25.5 Å². The van der Waals surface area contributed by atoms with Crippen LogP contribution in [0.15, 0.2) is 29.1 Å². The molecule has 1 aromatic heterocycles. The number of hydrogen-bond acceptors (Lipinski definition) is 6. The first-order chi connectivity index (χ1) is 13.3. The molecule has 154 valence electrons. The first-order valence-electron chi connectivity index (χ1n) is 10.00. The van der Waals surface area contributed by atoms with Crippen molar-refractivity contribution in [1.29, 1.82) is 0 Å². The van der Waals surface area contributed by atoms with Gasteiger partial charge in [-0.3, -0.25) is 14.7 Å². The molecule has 28 heavy (non-hydrogen) atoms. The van der Waals surface area contributed by atoms with Crippen LogP contribution >= 0.6 is 0 Å². The van der Waals surface area contributed by atoms with Crippen molar-refractivity contribution < 1.29 is 8.42 Å². The number of aromatic amines is 1. The molecule has 8 heteroatoms. The summed E-state index contributed by atoms with van der Waals surface area (Å²) >= 11 is 0. The van der Waals surface area contributed by atoms with Gasteiger partial charge in [-0.1, -0.05) is 44.6 Å². The Bertz CT molecular complexity index is 912. The van der Waals surface area contributed by atoms with E-state index in [9.17, 15) is 13.2 Å². The van der Waals surface area contributed by atoms with Gasteiger partial charge in [-0.2, -0.15) is 0 Å². The van der Waals surface area contributed by atoms with Crippen LogP contribution in [0.25, 0.3) is 0 Å². The summed E-state index contributed by atoms with van der Waals surface area (Å²) in [4.78, 5) is 24.4. The van der Waals surface area contributed by atoms with Crippen molar-refractivity contribution in [2.45, 2.75) is 44.4 Å². The third-order valence-corrected chi connectivity index (χ3v) is 6.94. The van der Waals surface area contributed by atoms with Crippen LogP contribution in [0.4, 0.5) is 5.95 Å². The van der Waals surface area contributed by atoms with Crippen LogP contribution in [0.3, 0.4) is 0 Å². The number of nitrogens with one attached hydrogen (secondary N) is 1. The van der Waals surface area contributed by atoms with Crippen molar-refractivity contribution in [3.8, 4) is 0 Å². The average Bonchev–Trinajstić information content (AvgIpc) is 2.67. The van der Waals surface area contributed by atoms with E-state index < -0.39 is 15.1 Å². The zero-order valence-electron chi connectivity index (χ0n) is 16.9. The Morgan fingerprint density at radius 3 is 2.43 bits per heavy atom. The van der Waals surface area contributed by atoms with Crippen LogP contribution in [0.1, 0.15) is 31.5 Å². The molecule has 0 saturated carbocycles. The van der Waals surface area contributed by atoms with Gasteiger partial charge in [0.05, 0.1) is 10.9 Å². The second-order valence-electron chi connectivity index (χ2n) is 7.50. The lowest BCUT2D eigenvalue weighted by Crippen LogP contribution is -2.54. The summed E-state index contributed by atoms with van der Waals surface area (Å²) in [6.45, 7) is 6.91. The molecule has 2 atom stereocenters. The van der Waals surface area contributed by atoms with E-state index in [0.717, 1.165) is 37.2 Å². The molecule has 0 radical (unpaired) electrons. The molecule has 0 aromatic carbocycles. The molecule has 7 nitrogen and oxygen atoms in total. The van der Waals surface area contributed by atoms with Gasteiger partial charge in [0.2, 0.25) is 5.95 Å². The van der Waals surface area contributed by atoms with Crippen molar-refractivity contribution in [3.05, 3.63) is 45.9 Å². The van der Waals surface area contributed by atoms with Crippen LogP contribution < -0.4 is 10.5 Å². The zero-order chi connectivity index (χ0) is 20.3. The van der Waals surface area contributed by atoms with Gasteiger partial charge in [0.1, 0.15) is 0 Å². The summed E-state index contributed by atoms with van der Waals surface area (Å²) in [6.07, 6.45) is 11.2. The highest BCUT2D eigenvalue weighted by Crippen LogP contribution is 2.21. The fourth-order valence-corrected chi connectivity index (χ4v) is 5.17. The topological polar surface area (TPSA) is 86.4 Å². The van der Waals surface area contributed by atoms with Gasteiger partial charge in [-0.15, -0.1) is 0 Å². The molecule has 2 heterocycles. The molecule has 1 aliphatic carbocycles. The summed E-state index contributed by atoms with van der Waals surface area (Å²) in [5.74, 6) is 0.629. The first kappa shape index (κ1) is 20.8. The molecule has 2 unspecified atom stereocenters. The maximum absolute atomic E-state index is 12.5. The van der Waals surface area contributed by atoms with E-state index in [1.165, 1.54) is 6.26 Å². The minimum Gasteiger partial charge on any atom is -0.340 e. The molecule has 1 N–H and O–H groups in total. The van der Waals surface area contributed by atoms with Gasteiger partial charge < -0.3 is 4.90 Å². The number of nitrogens with zero attached hydrogens (tertiary/aromatic N) is 3. The SMILES string of the molecule is CCCc1nc(N2CCN(C3C=CC=CC3S(C)(=O)=O)CC2)[nH]c(=O)c1CC. The second-order valence-corrected chi connectivity index (χ2v) is 9.70. The largest absolute Gasteiger partial charge is 0.340 e. The van der Waals surface area contributed by atoms with Gasteiger partial charge >= 0.3 is 0 Å². The third-order valence-electron chi connectivity index (χ3n) is 5.52. The predicted molar refractivity (Wildman–Crippen MR) is 113 cm³/mol. The summed E-state index contributed by atoms with van der Waals surface area (Å²) in [5, 5.41) is -0.512. The van der Waals surface area contributed by atoms with E-state index in [1.807, 2.05) is 19.1 Å². The van der Waals surface area contributed by atoms with E-state index in [1.54, 1.807) is 12.2 Å². The molecule has 1 aromatic rings. The number of aromatic nitrogens is 2. The van der Waals surface area contributed by atoms with Crippen molar-refractivity contribution in [2.24, 2.45) is 0 Å². The minimum absolute atomic E-state index is 0.0455. The zero-order valence-corrected chi connectivity index (χ0v) is 17.7. The molecule has 1 saturated heterocycles. The number of hydrogen-bond donors (Lipinski definition) is 1. The molecule has 1 fully saturated rings. The molecule has 3 rings (SSSR count). The highest BCUT2D eigenvalue weighted by Gasteiger charge is 2.34. The highest BCUT2D eigenvalue weighted by molar-refractivity contribution is 7.91. The number of allylic oxidation sites excluding steroid dienone is 2. The highest BCUT2D eigenvalue weighted by atomic mass is 32.2. The van der Waals surface area contributed by atoms with Gasteiger partial charge in [0.25, 0.3) is 5.56 Å². The molecule has 1 aliphatic heterocycles. The van der Waals surface area contributed by atoms with E-state index >= 15 is 0 Å². The van der Waals surface area contributed by atoms with Gasteiger partial charge in [-0.05, 0) is 12.8 Å². The Balaban J connectivity index is 1.74. The quantitative estimate of drug-likeness (QED) is 0.767. The van der Waals surface area contributed by atoms with Crippen molar-refractivity contribution in [1.82, 2.24) is 14.9 Å². The van der Waals surface area contributed by atoms with Gasteiger partial charge in [-0.25, -0.2) is 13.4 Å². The number of anilines is 1.